The van der Waals surface area contributed by atoms with Crippen LogP contribution in [-0.4, -0.2) is 49.2 Å². The predicted octanol–water partition coefficient (Wildman–Crippen LogP) is 1.67. The van der Waals surface area contributed by atoms with Crippen molar-refractivity contribution in [3.8, 4) is 11.5 Å². The van der Waals surface area contributed by atoms with Crippen molar-refractivity contribution in [1.29, 1.82) is 0 Å². The highest BCUT2D eigenvalue weighted by molar-refractivity contribution is 5.95. The van der Waals surface area contributed by atoms with Crippen LogP contribution in [0.15, 0.2) is 18.2 Å². The van der Waals surface area contributed by atoms with E-state index >= 15 is 0 Å². The summed E-state index contributed by atoms with van der Waals surface area (Å²) in [4.78, 5) is 14.9. The van der Waals surface area contributed by atoms with E-state index in [2.05, 4.69) is 10.2 Å². The first-order valence-corrected chi connectivity index (χ1v) is 8.14. The smallest absolute Gasteiger partial charge is 0.251 e. The molecule has 4 atom stereocenters. The van der Waals surface area contributed by atoms with Gasteiger partial charge in [-0.15, -0.1) is 0 Å². The average Bonchev–Trinajstić information content (AvgIpc) is 2.85. The van der Waals surface area contributed by atoms with Crippen LogP contribution >= 0.6 is 0 Å². The maximum atomic E-state index is 12.5. The minimum Gasteiger partial charge on any atom is -0.486 e. The molecule has 1 amide bonds. The topological polar surface area (TPSA) is 50.8 Å². The lowest BCUT2D eigenvalue weighted by Crippen LogP contribution is -2.47. The largest absolute Gasteiger partial charge is 0.486 e. The molecule has 0 radical (unpaired) electrons. The maximum Gasteiger partial charge on any atom is 0.251 e. The van der Waals surface area contributed by atoms with E-state index in [0.29, 0.717) is 17.9 Å². The number of carbonyl (C=O) groups excluding carboxylic acids is 1. The summed E-state index contributed by atoms with van der Waals surface area (Å²) in [6.45, 7) is 5.85. The molecule has 3 aliphatic heterocycles. The Morgan fingerprint density at radius 1 is 1.32 bits per heavy atom. The Kier molecular flexibility index (Phi) is 3.45. The van der Waals surface area contributed by atoms with Crippen molar-refractivity contribution in [3.05, 3.63) is 23.8 Å². The number of nitrogens with zero attached hydrogens (tertiary/aromatic N) is 1. The predicted molar refractivity (Wildman–Crippen MR) is 82.4 cm³/mol. The van der Waals surface area contributed by atoms with Gasteiger partial charge in [-0.05, 0) is 50.4 Å². The van der Waals surface area contributed by atoms with Crippen molar-refractivity contribution in [1.82, 2.24) is 10.2 Å². The zero-order chi connectivity index (χ0) is 15.1. The van der Waals surface area contributed by atoms with Gasteiger partial charge in [0.2, 0.25) is 0 Å². The third-order valence-electron chi connectivity index (χ3n) is 4.81. The Labute approximate surface area is 130 Å². The zero-order valence-corrected chi connectivity index (χ0v) is 12.9. The van der Waals surface area contributed by atoms with Gasteiger partial charge < -0.3 is 19.7 Å². The second-order valence-corrected chi connectivity index (χ2v) is 6.72. The maximum absolute atomic E-state index is 12.5. The Bertz CT molecular complexity index is 577. The molecule has 2 bridgehead atoms. The molecule has 1 aromatic rings. The molecule has 1 N–H and O–H groups in total. The number of fused-ring (bicyclic) bond motifs is 3. The number of amides is 1. The van der Waals surface area contributed by atoms with Crippen LogP contribution in [0.25, 0.3) is 0 Å². The van der Waals surface area contributed by atoms with Gasteiger partial charge in [-0.1, -0.05) is 0 Å². The van der Waals surface area contributed by atoms with Crippen LogP contribution < -0.4 is 14.8 Å². The third-order valence-corrected chi connectivity index (χ3v) is 4.81. The van der Waals surface area contributed by atoms with Crippen LogP contribution in [0.1, 0.15) is 30.1 Å². The summed E-state index contributed by atoms with van der Waals surface area (Å²) in [5.41, 5.74) is 0.643. The van der Waals surface area contributed by atoms with E-state index in [1.165, 1.54) is 19.5 Å². The first-order valence-electron chi connectivity index (χ1n) is 8.14. The molecule has 0 aliphatic carbocycles. The quantitative estimate of drug-likeness (QED) is 0.903. The monoisotopic (exact) mass is 302 g/mol. The fraction of sp³-hybridized carbons (Fsp3) is 0.588. The number of nitrogens with one attached hydrogen (secondary N) is 1. The lowest BCUT2D eigenvalue weighted by molar-refractivity contribution is 0.0904. The van der Waals surface area contributed by atoms with Crippen molar-refractivity contribution in [2.75, 3.05) is 26.2 Å². The third kappa shape index (κ3) is 2.65. The Morgan fingerprint density at radius 3 is 3.09 bits per heavy atom. The summed E-state index contributed by atoms with van der Waals surface area (Å²) < 4.78 is 11.3. The molecule has 2 fully saturated rings. The Balaban J connectivity index is 1.44. The molecule has 5 heteroatoms. The van der Waals surface area contributed by atoms with Crippen LogP contribution in [0.5, 0.6) is 11.5 Å². The standard InChI is InChI=1S/C17H22N2O3/c1-11-10-21-16-7-13(2-3-15(16)22-11)17(20)18-14-6-12-4-5-19(8-12)9-14/h2-3,7,11-12,14H,4-6,8-10H2,1H3,(H,18,20)/t11?,12-,14-/m1/s1. The number of piperidine rings is 1. The molecule has 5 nitrogen and oxygen atoms in total. The number of rotatable bonds is 2. The molecular weight excluding hydrogens is 280 g/mol. The minimum absolute atomic E-state index is 0.0162. The fourth-order valence-electron chi connectivity index (χ4n) is 3.75. The molecule has 0 saturated carbocycles. The molecule has 118 valence electrons. The van der Waals surface area contributed by atoms with E-state index in [1.807, 2.05) is 19.1 Å². The van der Waals surface area contributed by atoms with E-state index in [1.54, 1.807) is 6.07 Å². The van der Waals surface area contributed by atoms with Crippen molar-refractivity contribution in [3.63, 3.8) is 0 Å². The van der Waals surface area contributed by atoms with Gasteiger partial charge in [0.05, 0.1) is 0 Å². The highest BCUT2D eigenvalue weighted by Crippen LogP contribution is 2.32. The van der Waals surface area contributed by atoms with E-state index in [9.17, 15) is 4.79 Å². The lowest BCUT2D eigenvalue weighted by atomic mass is 9.96. The zero-order valence-electron chi connectivity index (χ0n) is 12.9. The first kappa shape index (κ1) is 13.9. The van der Waals surface area contributed by atoms with Gasteiger partial charge in [-0.2, -0.15) is 0 Å². The number of hydrogen-bond acceptors (Lipinski definition) is 4. The van der Waals surface area contributed by atoms with Crippen LogP contribution in [0, 0.1) is 5.92 Å². The molecule has 22 heavy (non-hydrogen) atoms. The molecule has 3 aliphatic rings. The summed E-state index contributed by atoms with van der Waals surface area (Å²) >= 11 is 0. The van der Waals surface area contributed by atoms with Gasteiger partial charge in [0, 0.05) is 24.7 Å². The number of hydrogen-bond donors (Lipinski definition) is 1. The van der Waals surface area contributed by atoms with Gasteiger partial charge in [-0.25, -0.2) is 0 Å². The van der Waals surface area contributed by atoms with E-state index in [4.69, 9.17) is 9.47 Å². The van der Waals surface area contributed by atoms with Crippen molar-refractivity contribution in [2.45, 2.75) is 31.9 Å². The second kappa shape index (κ2) is 5.47. The molecule has 3 heterocycles. The van der Waals surface area contributed by atoms with Crippen LogP contribution in [-0.2, 0) is 0 Å². The molecule has 0 spiro atoms. The summed E-state index contributed by atoms with van der Waals surface area (Å²) in [6.07, 6.45) is 2.43. The van der Waals surface area contributed by atoms with E-state index in [0.717, 1.165) is 24.6 Å². The number of benzene rings is 1. The summed E-state index contributed by atoms with van der Waals surface area (Å²) in [6, 6.07) is 5.69. The molecule has 0 aromatic heterocycles. The van der Waals surface area contributed by atoms with Gasteiger partial charge in [0.1, 0.15) is 12.7 Å². The van der Waals surface area contributed by atoms with Gasteiger partial charge in [0.15, 0.2) is 11.5 Å². The lowest BCUT2D eigenvalue weighted by Gasteiger charge is -2.30. The molecule has 4 rings (SSSR count). The van der Waals surface area contributed by atoms with Crippen molar-refractivity contribution < 1.29 is 14.3 Å². The molecule has 2 saturated heterocycles. The van der Waals surface area contributed by atoms with E-state index in [-0.39, 0.29) is 18.1 Å². The Hall–Kier alpha value is -1.75. The highest BCUT2D eigenvalue weighted by Gasteiger charge is 2.33. The summed E-state index contributed by atoms with van der Waals surface area (Å²) in [5, 5.41) is 3.17. The highest BCUT2D eigenvalue weighted by atomic mass is 16.6. The molecular formula is C17H22N2O3. The molecule has 2 unspecified atom stereocenters. The van der Waals surface area contributed by atoms with Crippen LogP contribution in [0.3, 0.4) is 0 Å². The van der Waals surface area contributed by atoms with Crippen LogP contribution in [0.4, 0.5) is 0 Å². The first-order chi connectivity index (χ1) is 10.7. The normalized spacial score (nSPS) is 32.6. The SMILES string of the molecule is CC1COc2cc(C(=O)N[C@@H]3C[C@H]4CCN(C4)C3)ccc2O1. The van der Waals surface area contributed by atoms with Gasteiger partial charge in [-0.3, -0.25) is 4.79 Å². The fourth-order valence-corrected chi connectivity index (χ4v) is 3.75. The van der Waals surface area contributed by atoms with Crippen LogP contribution in [0.2, 0.25) is 0 Å². The van der Waals surface area contributed by atoms with Crippen molar-refractivity contribution >= 4 is 5.91 Å². The second-order valence-electron chi connectivity index (χ2n) is 6.72. The molecule has 1 aromatic carbocycles. The Morgan fingerprint density at radius 2 is 2.23 bits per heavy atom. The summed E-state index contributed by atoms with van der Waals surface area (Å²) in [5.74, 6) is 2.12. The van der Waals surface area contributed by atoms with Gasteiger partial charge >= 0.3 is 0 Å². The van der Waals surface area contributed by atoms with Crippen molar-refractivity contribution in [2.24, 2.45) is 5.92 Å². The number of carbonyl (C=O) groups is 1. The van der Waals surface area contributed by atoms with Gasteiger partial charge in [0.25, 0.3) is 5.91 Å². The number of ether oxygens (including phenoxy) is 2. The van der Waals surface area contributed by atoms with E-state index < -0.39 is 0 Å². The average molecular weight is 302 g/mol. The minimum atomic E-state index is -0.0162. The summed E-state index contributed by atoms with van der Waals surface area (Å²) in [7, 11) is 0.